The van der Waals surface area contributed by atoms with E-state index in [1.807, 2.05) is 25.1 Å². The molecule has 0 aliphatic carbocycles. The SMILES string of the molecule is Cc1ccc(CNc2ccccc2SC(F)(F)F)cc1Br. The van der Waals surface area contributed by atoms with Gasteiger partial charge in [0.05, 0.1) is 0 Å². The minimum Gasteiger partial charge on any atom is -0.380 e. The third-order valence-corrected chi connectivity index (χ3v) is 4.49. The van der Waals surface area contributed by atoms with Crippen molar-refractivity contribution in [1.82, 2.24) is 0 Å². The maximum absolute atomic E-state index is 12.5. The molecule has 0 aromatic heterocycles. The van der Waals surface area contributed by atoms with Crippen molar-refractivity contribution in [2.24, 2.45) is 0 Å². The van der Waals surface area contributed by atoms with Crippen LogP contribution in [0.25, 0.3) is 0 Å². The first-order valence-electron chi connectivity index (χ1n) is 6.19. The molecular weight excluding hydrogens is 363 g/mol. The molecule has 1 N–H and O–H groups in total. The van der Waals surface area contributed by atoms with Gasteiger partial charge in [0, 0.05) is 21.6 Å². The van der Waals surface area contributed by atoms with Gasteiger partial charge in [-0.2, -0.15) is 13.2 Å². The summed E-state index contributed by atoms with van der Waals surface area (Å²) in [6.45, 7) is 2.45. The van der Waals surface area contributed by atoms with E-state index in [1.165, 1.54) is 6.07 Å². The first kappa shape index (κ1) is 16.2. The Bertz CT molecular complexity index is 629. The fraction of sp³-hybridized carbons (Fsp3) is 0.200. The number of nitrogens with one attached hydrogen (secondary N) is 1. The number of benzene rings is 2. The number of rotatable bonds is 4. The largest absolute Gasteiger partial charge is 0.446 e. The molecule has 112 valence electrons. The van der Waals surface area contributed by atoms with Gasteiger partial charge in [0.25, 0.3) is 0 Å². The summed E-state index contributed by atoms with van der Waals surface area (Å²) < 4.78 is 38.5. The van der Waals surface area contributed by atoms with Crippen LogP contribution in [0.15, 0.2) is 51.8 Å². The van der Waals surface area contributed by atoms with E-state index in [9.17, 15) is 13.2 Å². The first-order chi connectivity index (χ1) is 9.85. The fourth-order valence-corrected chi connectivity index (χ4v) is 2.84. The normalized spacial score (nSPS) is 11.5. The van der Waals surface area contributed by atoms with Crippen LogP contribution in [0.5, 0.6) is 0 Å². The molecule has 0 fully saturated rings. The van der Waals surface area contributed by atoms with Crippen LogP contribution in [0.4, 0.5) is 18.9 Å². The second kappa shape index (κ2) is 6.75. The van der Waals surface area contributed by atoms with E-state index in [1.54, 1.807) is 18.2 Å². The Morgan fingerprint density at radius 1 is 1.14 bits per heavy atom. The number of alkyl halides is 3. The Labute approximate surface area is 134 Å². The van der Waals surface area contributed by atoms with Crippen LogP contribution < -0.4 is 5.32 Å². The van der Waals surface area contributed by atoms with Gasteiger partial charge in [-0.25, -0.2) is 0 Å². The second-order valence-corrected chi connectivity index (χ2v) is 6.44. The molecule has 2 aromatic rings. The van der Waals surface area contributed by atoms with Gasteiger partial charge in [0.1, 0.15) is 0 Å². The van der Waals surface area contributed by atoms with E-state index in [0.29, 0.717) is 12.2 Å². The molecule has 0 aliphatic rings. The lowest BCUT2D eigenvalue weighted by Crippen LogP contribution is -2.04. The van der Waals surface area contributed by atoms with Crippen molar-refractivity contribution >= 4 is 33.4 Å². The highest BCUT2D eigenvalue weighted by molar-refractivity contribution is 9.10. The highest BCUT2D eigenvalue weighted by Crippen LogP contribution is 2.40. The third kappa shape index (κ3) is 4.97. The molecule has 2 aromatic carbocycles. The molecule has 0 bridgehead atoms. The van der Waals surface area contributed by atoms with Crippen LogP contribution in [-0.2, 0) is 6.54 Å². The second-order valence-electron chi connectivity index (χ2n) is 4.48. The van der Waals surface area contributed by atoms with Crippen LogP contribution in [0.1, 0.15) is 11.1 Å². The van der Waals surface area contributed by atoms with Gasteiger partial charge >= 0.3 is 5.51 Å². The van der Waals surface area contributed by atoms with Gasteiger partial charge in [0.2, 0.25) is 0 Å². The van der Waals surface area contributed by atoms with E-state index < -0.39 is 5.51 Å². The van der Waals surface area contributed by atoms with Gasteiger partial charge in [0.15, 0.2) is 0 Å². The average Bonchev–Trinajstić information content (AvgIpc) is 2.40. The highest BCUT2D eigenvalue weighted by atomic mass is 79.9. The van der Waals surface area contributed by atoms with Gasteiger partial charge < -0.3 is 5.32 Å². The van der Waals surface area contributed by atoms with Crippen molar-refractivity contribution in [3.8, 4) is 0 Å². The molecule has 0 saturated heterocycles. The summed E-state index contributed by atoms with van der Waals surface area (Å²) >= 11 is 3.34. The Morgan fingerprint density at radius 2 is 1.86 bits per heavy atom. The van der Waals surface area contributed by atoms with Crippen LogP contribution in [-0.4, -0.2) is 5.51 Å². The first-order valence-corrected chi connectivity index (χ1v) is 7.80. The molecule has 21 heavy (non-hydrogen) atoms. The van der Waals surface area contributed by atoms with Gasteiger partial charge in [-0.3, -0.25) is 0 Å². The lowest BCUT2D eigenvalue weighted by Gasteiger charge is -2.13. The number of thioether (sulfide) groups is 1. The van der Waals surface area contributed by atoms with Crippen molar-refractivity contribution in [1.29, 1.82) is 0 Å². The third-order valence-electron chi connectivity index (χ3n) is 2.83. The van der Waals surface area contributed by atoms with Crippen LogP contribution in [0.2, 0.25) is 0 Å². The summed E-state index contributed by atoms with van der Waals surface area (Å²) in [6, 6.07) is 12.3. The zero-order chi connectivity index (χ0) is 15.5. The maximum atomic E-state index is 12.5. The number of para-hydroxylation sites is 1. The quantitative estimate of drug-likeness (QED) is 0.659. The van der Waals surface area contributed by atoms with Gasteiger partial charge in [-0.1, -0.05) is 40.2 Å². The van der Waals surface area contributed by atoms with E-state index in [4.69, 9.17) is 0 Å². The standard InChI is InChI=1S/C15H13BrF3NS/c1-10-6-7-11(8-12(10)16)9-20-13-4-2-3-5-14(13)21-15(17,18)19/h2-8,20H,9H2,1H3. The lowest BCUT2D eigenvalue weighted by atomic mass is 10.1. The average molecular weight is 376 g/mol. The van der Waals surface area contributed by atoms with Crippen molar-refractivity contribution in [3.05, 3.63) is 58.1 Å². The van der Waals surface area contributed by atoms with E-state index in [0.717, 1.165) is 15.6 Å². The maximum Gasteiger partial charge on any atom is 0.446 e. The topological polar surface area (TPSA) is 12.0 Å². The molecule has 0 aliphatic heterocycles. The molecule has 0 saturated carbocycles. The summed E-state index contributed by atoms with van der Waals surface area (Å²) in [5.74, 6) is 0. The van der Waals surface area contributed by atoms with Crippen molar-refractivity contribution in [3.63, 3.8) is 0 Å². The summed E-state index contributed by atoms with van der Waals surface area (Å²) in [7, 11) is 0. The highest BCUT2D eigenvalue weighted by Gasteiger charge is 2.30. The molecule has 1 nitrogen and oxygen atoms in total. The van der Waals surface area contributed by atoms with E-state index >= 15 is 0 Å². The molecule has 0 radical (unpaired) electrons. The molecule has 2 rings (SSSR count). The van der Waals surface area contributed by atoms with Gasteiger partial charge in [-0.15, -0.1) is 0 Å². The number of anilines is 1. The number of aryl methyl sites for hydroxylation is 1. The smallest absolute Gasteiger partial charge is 0.380 e. The Balaban J connectivity index is 2.11. The van der Waals surface area contributed by atoms with Crippen molar-refractivity contribution in [2.75, 3.05) is 5.32 Å². The van der Waals surface area contributed by atoms with Crippen LogP contribution >= 0.6 is 27.7 Å². The fourth-order valence-electron chi connectivity index (χ4n) is 1.77. The Kier molecular flexibility index (Phi) is 5.22. The summed E-state index contributed by atoms with van der Waals surface area (Å²) in [5.41, 5.74) is -1.69. The zero-order valence-corrected chi connectivity index (χ0v) is 13.6. The summed E-state index contributed by atoms with van der Waals surface area (Å²) in [5, 5.41) is 3.06. The molecule has 0 heterocycles. The lowest BCUT2D eigenvalue weighted by molar-refractivity contribution is -0.0327. The number of hydrogen-bond acceptors (Lipinski definition) is 2. The summed E-state index contributed by atoms with van der Waals surface area (Å²) in [4.78, 5) is 0.177. The van der Waals surface area contributed by atoms with E-state index in [-0.39, 0.29) is 16.7 Å². The molecule has 0 atom stereocenters. The molecule has 0 amide bonds. The van der Waals surface area contributed by atoms with Crippen LogP contribution in [0, 0.1) is 6.92 Å². The Morgan fingerprint density at radius 3 is 2.52 bits per heavy atom. The van der Waals surface area contributed by atoms with Crippen molar-refractivity contribution in [2.45, 2.75) is 23.9 Å². The number of halogens is 4. The van der Waals surface area contributed by atoms with Crippen molar-refractivity contribution < 1.29 is 13.2 Å². The molecule has 6 heteroatoms. The Hall–Kier alpha value is -1.14. The minimum absolute atomic E-state index is 0.104. The predicted molar refractivity (Wildman–Crippen MR) is 84.6 cm³/mol. The molecule has 0 unspecified atom stereocenters. The predicted octanol–water partition coefficient (Wildman–Crippen LogP) is 5.98. The molecule has 0 spiro atoms. The van der Waals surface area contributed by atoms with Gasteiger partial charge in [-0.05, 0) is 48.0 Å². The summed E-state index contributed by atoms with van der Waals surface area (Å²) in [6.07, 6.45) is 0. The zero-order valence-electron chi connectivity index (χ0n) is 11.2. The van der Waals surface area contributed by atoms with E-state index in [2.05, 4.69) is 21.2 Å². The molecular formula is C15H13BrF3NS. The minimum atomic E-state index is -4.29. The van der Waals surface area contributed by atoms with Crippen LogP contribution in [0.3, 0.4) is 0 Å². The monoisotopic (exact) mass is 375 g/mol. The number of hydrogen-bond donors (Lipinski definition) is 1.